The Morgan fingerprint density at radius 1 is 0.914 bits per heavy atom. The highest BCUT2D eigenvalue weighted by Gasteiger charge is 2.39. The van der Waals surface area contributed by atoms with Crippen LogP contribution >= 0.6 is 11.8 Å². The lowest BCUT2D eigenvalue weighted by molar-refractivity contribution is -0.137. The molecule has 0 saturated heterocycles. The van der Waals surface area contributed by atoms with Crippen LogP contribution in [-0.2, 0) is 9.59 Å². The third kappa shape index (κ3) is 5.78. The molecule has 0 fully saturated rings. The number of hydrogen-bond acceptors (Lipinski definition) is 5. The predicted molar refractivity (Wildman–Crippen MR) is 135 cm³/mol. The molecule has 3 aromatic rings. The number of anilines is 2. The van der Waals surface area contributed by atoms with Gasteiger partial charge in [-0.05, 0) is 60.5 Å². The van der Waals surface area contributed by atoms with E-state index < -0.39 is 5.82 Å². The van der Waals surface area contributed by atoms with Gasteiger partial charge in [0.1, 0.15) is 16.4 Å². The van der Waals surface area contributed by atoms with E-state index in [2.05, 4.69) is 10.6 Å². The second kappa shape index (κ2) is 10.6. The molecule has 0 aliphatic carbocycles. The summed E-state index contributed by atoms with van der Waals surface area (Å²) in [5.41, 5.74) is 1.77. The maximum atomic E-state index is 13.2. The van der Waals surface area contributed by atoms with E-state index in [1.807, 2.05) is 44.2 Å². The topological polar surface area (TPSA) is 78.5 Å². The van der Waals surface area contributed by atoms with Crippen LogP contribution in [0.5, 0.6) is 0 Å². The first-order valence-electron chi connectivity index (χ1n) is 11.1. The van der Waals surface area contributed by atoms with E-state index in [1.54, 1.807) is 24.3 Å². The zero-order valence-electron chi connectivity index (χ0n) is 19.2. The Labute approximate surface area is 207 Å². The Morgan fingerprint density at radius 2 is 1.60 bits per heavy atom. The second-order valence-electron chi connectivity index (χ2n) is 8.40. The fraction of sp³-hybridized carbons (Fsp3) is 0.148. The van der Waals surface area contributed by atoms with Gasteiger partial charge in [0.15, 0.2) is 0 Å². The number of carbonyl (C=O) groups excluding carboxylic acids is 3. The van der Waals surface area contributed by atoms with Gasteiger partial charge in [-0.1, -0.05) is 49.9 Å². The average Bonchev–Trinajstić information content (AvgIpc) is 3.04. The summed E-state index contributed by atoms with van der Waals surface area (Å²) in [7, 11) is 0. The van der Waals surface area contributed by atoms with E-state index in [-0.39, 0.29) is 29.3 Å². The third-order valence-corrected chi connectivity index (χ3v) is 6.21. The number of nitrogens with zero attached hydrogens (tertiary/aromatic N) is 1. The molecule has 0 bridgehead atoms. The summed E-state index contributed by atoms with van der Waals surface area (Å²) in [5.74, 6) is -1.40. The van der Waals surface area contributed by atoms with Crippen molar-refractivity contribution in [2.75, 3.05) is 17.2 Å². The van der Waals surface area contributed by atoms with Gasteiger partial charge in [0, 0.05) is 28.4 Å². The van der Waals surface area contributed by atoms with Crippen molar-refractivity contribution in [1.82, 2.24) is 4.90 Å². The normalized spacial score (nSPS) is 13.5. The zero-order valence-corrected chi connectivity index (χ0v) is 20.1. The Bertz CT molecular complexity index is 1290. The maximum Gasteiger partial charge on any atom is 0.278 e. The van der Waals surface area contributed by atoms with Crippen molar-refractivity contribution in [3.05, 3.63) is 101 Å². The Hall–Kier alpha value is -3.91. The largest absolute Gasteiger partial charge is 0.350 e. The summed E-state index contributed by atoms with van der Waals surface area (Å²) in [6.07, 6.45) is 0. The number of rotatable bonds is 8. The van der Waals surface area contributed by atoms with Crippen molar-refractivity contribution in [1.29, 1.82) is 0 Å². The molecule has 0 saturated carbocycles. The predicted octanol–water partition coefficient (Wildman–Crippen LogP) is 5.52. The highest BCUT2D eigenvalue weighted by Crippen LogP contribution is 2.37. The van der Waals surface area contributed by atoms with Crippen molar-refractivity contribution >= 4 is 40.9 Å². The number of halogens is 1. The van der Waals surface area contributed by atoms with Gasteiger partial charge in [-0.15, -0.1) is 0 Å². The summed E-state index contributed by atoms with van der Waals surface area (Å²) < 4.78 is 13.2. The molecular weight excluding hydrogens is 465 g/mol. The number of carbonyl (C=O) groups is 3. The van der Waals surface area contributed by atoms with Gasteiger partial charge in [0.05, 0.1) is 0 Å². The molecule has 1 aliphatic rings. The number of nitrogens with one attached hydrogen (secondary N) is 2. The first-order chi connectivity index (χ1) is 16.8. The van der Waals surface area contributed by atoms with Crippen molar-refractivity contribution in [3.8, 4) is 0 Å². The van der Waals surface area contributed by atoms with E-state index in [1.165, 1.54) is 29.2 Å². The van der Waals surface area contributed by atoms with Crippen LogP contribution < -0.4 is 10.6 Å². The first-order valence-corrected chi connectivity index (χ1v) is 11.9. The van der Waals surface area contributed by atoms with Crippen LogP contribution in [0.25, 0.3) is 0 Å². The SMILES string of the molecule is CC(C)CN1C(=O)C(Nc2ccccc2)=C(Sc2cccc(NC(=O)c3ccc(F)cc3)c2)C1=O. The molecule has 0 aromatic heterocycles. The van der Waals surface area contributed by atoms with Crippen LogP contribution in [0.4, 0.5) is 15.8 Å². The zero-order chi connectivity index (χ0) is 24.9. The van der Waals surface area contributed by atoms with Crippen LogP contribution in [-0.4, -0.2) is 29.2 Å². The lowest BCUT2D eigenvalue weighted by atomic mass is 10.2. The van der Waals surface area contributed by atoms with Crippen molar-refractivity contribution in [2.45, 2.75) is 18.7 Å². The van der Waals surface area contributed by atoms with Crippen LogP contribution in [0.2, 0.25) is 0 Å². The number of para-hydroxylation sites is 1. The molecule has 0 radical (unpaired) electrons. The Morgan fingerprint density at radius 3 is 2.29 bits per heavy atom. The lowest BCUT2D eigenvalue weighted by Crippen LogP contribution is -2.35. The van der Waals surface area contributed by atoms with E-state index >= 15 is 0 Å². The monoisotopic (exact) mass is 489 g/mol. The minimum absolute atomic E-state index is 0.121. The van der Waals surface area contributed by atoms with E-state index in [9.17, 15) is 18.8 Å². The molecule has 4 rings (SSSR count). The molecule has 35 heavy (non-hydrogen) atoms. The fourth-order valence-corrected chi connectivity index (χ4v) is 4.52. The summed E-state index contributed by atoms with van der Waals surface area (Å²) in [6, 6.07) is 21.4. The Balaban J connectivity index is 1.59. The number of amides is 3. The molecule has 3 amide bonds. The van der Waals surface area contributed by atoms with Crippen molar-refractivity contribution in [2.24, 2.45) is 5.92 Å². The minimum Gasteiger partial charge on any atom is -0.350 e. The number of thioether (sulfide) groups is 1. The standard InChI is InChI=1S/C27H24FN3O3S/c1-17(2)16-31-26(33)23(29-20-7-4-3-5-8-20)24(27(31)34)35-22-10-6-9-21(15-22)30-25(32)18-11-13-19(28)14-12-18/h3-15,17,29H,16H2,1-2H3,(H,30,32). The molecule has 8 heteroatoms. The van der Waals surface area contributed by atoms with E-state index in [0.717, 1.165) is 11.8 Å². The van der Waals surface area contributed by atoms with E-state index in [4.69, 9.17) is 0 Å². The van der Waals surface area contributed by atoms with Crippen LogP contribution in [0, 0.1) is 11.7 Å². The molecule has 0 spiro atoms. The molecule has 0 unspecified atom stereocenters. The first kappa shape index (κ1) is 24.2. The molecule has 3 aromatic carbocycles. The van der Waals surface area contributed by atoms with Gasteiger partial charge in [-0.2, -0.15) is 0 Å². The van der Waals surface area contributed by atoms with Crippen molar-refractivity contribution < 1.29 is 18.8 Å². The average molecular weight is 490 g/mol. The molecule has 6 nitrogen and oxygen atoms in total. The molecule has 0 atom stereocenters. The maximum absolute atomic E-state index is 13.2. The summed E-state index contributed by atoms with van der Waals surface area (Å²) in [4.78, 5) is 41.1. The molecule has 178 valence electrons. The molecular formula is C27H24FN3O3S. The summed E-state index contributed by atoms with van der Waals surface area (Å²) in [6.45, 7) is 4.21. The van der Waals surface area contributed by atoms with Gasteiger partial charge < -0.3 is 10.6 Å². The number of hydrogen-bond donors (Lipinski definition) is 2. The molecule has 2 N–H and O–H groups in total. The molecule has 1 aliphatic heterocycles. The van der Waals surface area contributed by atoms with Gasteiger partial charge in [-0.25, -0.2) is 4.39 Å². The van der Waals surface area contributed by atoms with Crippen molar-refractivity contribution in [3.63, 3.8) is 0 Å². The summed E-state index contributed by atoms with van der Waals surface area (Å²) in [5, 5.41) is 5.89. The second-order valence-corrected chi connectivity index (χ2v) is 9.48. The van der Waals surface area contributed by atoms with Gasteiger partial charge >= 0.3 is 0 Å². The van der Waals surface area contributed by atoms with E-state index in [0.29, 0.717) is 33.3 Å². The van der Waals surface area contributed by atoms with Gasteiger partial charge in [0.25, 0.3) is 17.7 Å². The quantitative estimate of drug-likeness (QED) is 0.408. The molecule has 1 heterocycles. The third-order valence-electron chi connectivity index (χ3n) is 5.13. The highest BCUT2D eigenvalue weighted by atomic mass is 32.2. The van der Waals surface area contributed by atoms with Gasteiger partial charge in [-0.3, -0.25) is 19.3 Å². The van der Waals surface area contributed by atoms with Gasteiger partial charge in [0.2, 0.25) is 0 Å². The van der Waals surface area contributed by atoms with Crippen LogP contribution in [0.15, 0.2) is 94.4 Å². The lowest BCUT2D eigenvalue weighted by Gasteiger charge is -2.17. The summed E-state index contributed by atoms with van der Waals surface area (Å²) >= 11 is 1.16. The van der Waals surface area contributed by atoms with Crippen LogP contribution in [0.1, 0.15) is 24.2 Å². The minimum atomic E-state index is -0.421. The number of imide groups is 1. The van der Waals surface area contributed by atoms with Crippen LogP contribution in [0.3, 0.4) is 0 Å². The fourth-order valence-electron chi connectivity index (χ4n) is 3.52. The highest BCUT2D eigenvalue weighted by molar-refractivity contribution is 8.04. The number of benzene rings is 3. The smallest absolute Gasteiger partial charge is 0.278 e. The Kier molecular flexibility index (Phi) is 7.31.